The second kappa shape index (κ2) is 21.2. The molecule has 0 amide bonds. The minimum absolute atomic E-state index is 0.111. The Balaban J connectivity index is 1.88. The Kier molecular flexibility index (Phi) is 17.0. The van der Waals surface area contributed by atoms with Gasteiger partial charge in [0.25, 0.3) is 0 Å². The average Bonchev–Trinajstić information content (AvgIpc) is 3.05. The summed E-state index contributed by atoms with van der Waals surface area (Å²) >= 11 is 0. The summed E-state index contributed by atoms with van der Waals surface area (Å²) in [4.78, 5) is 25.3. The Bertz CT molecular complexity index is 1310. The number of carbonyl (C=O) groups excluding carboxylic acids is 2. The SMILES string of the molecule is C=C(C)COCC(COc1c2ccccc2c(OCC(COCC(=C)C)OC(=O)CCCCC)c2ccccc12)OC(=O)CCCCC. The van der Waals surface area contributed by atoms with E-state index >= 15 is 0 Å². The van der Waals surface area contributed by atoms with Gasteiger partial charge in [-0.15, -0.1) is 0 Å². The van der Waals surface area contributed by atoms with Crippen LogP contribution in [0.4, 0.5) is 0 Å². The largest absolute Gasteiger partial charge is 0.488 e. The zero-order valence-electron chi connectivity index (χ0n) is 29.4. The summed E-state index contributed by atoms with van der Waals surface area (Å²) in [7, 11) is 0. The van der Waals surface area contributed by atoms with Crippen molar-refractivity contribution in [1.82, 2.24) is 0 Å². The summed E-state index contributed by atoms with van der Waals surface area (Å²) < 4.78 is 36.2. The maximum Gasteiger partial charge on any atom is 0.306 e. The Morgan fingerprint density at radius 1 is 0.583 bits per heavy atom. The van der Waals surface area contributed by atoms with Crippen LogP contribution < -0.4 is 9.47 Å². The van der Waals surface area contributed by atoms with Gasteiger partial charge in [-0.25, -0.2) is 0 Å². The molecule has 0 spiro atoms. The normalized spacial score (nSPS) is 12.4. The molecule has 0 radical (unpaired) electrons. The molecule has 0 aromatic heterocycles. The molecular weight excluding hydrogens is 608 g/mol. The number of hydrogen-bond acceptors (Lipinski definition) is 8. The molecule has 262 valence electrons. The fraction of sp³-hybridized carbons (Fsp3) is 0.500. The quantitative estimate of drug-likeness (QED) is 0.0407. The molecule has 0 aliphatic carbocycles. The number of benzene rings is 3. The van der Waals surface area contributed by atoms with Gasteiger partial charge in [0.05, 0.1) is 26.4 Å². The third-order valence-electron chi connectivity index (χ3n) is 7.53. The van der Waals surface area contributed by atoms with E-state index in [1.807, 2.05) is 62.4 Å². The molecule has 0 aliphatic rings. The average molecular weight is 663 g/mol. The van der Waals surface area contributed by atoms with Crippen molar-refractivity contribution in [2.45, 2.75) is 91.3 Å². The van der Waals surface area contributed by atoms with Crippen LogP contribution in [0, 0.1) is 0 Å². The maximum atomic E-state index is 12.7. The zero-order chi connectivity index (χ0) is 34.7. The van der Waals surface area contributed by atoms with E-state index < -0.39 is 12.2 Å². The maximum absolute atomic E-state index is 12.7. The minimum Gasteiger partial charge on any atom is -0.488 e. The van der Waals surface area contributed by atoms with E-state index in [9.17, 15) is 9.59 Å². The van der Waals surface area contributed by atoms with Crippen molar-refractivity contribution >= 4 is 33.5 Å². The molecular formula is C40H54O8. The van der Waals surface area contributed by atoms with E-state index in [-0.39, 0.29) is 38.4 Å². The first-order valence-electron chi connectivity index (χ1n) is 17.3. The van der Waals surface area contributed by atoms with Gasteiger partial charge in [0.15, 0.2) is 12.2 Å². The van der Waals surface area contributed by atoms with Crippen molar-refractivity contribution in [3.05, 3.63) is 72.8 Å². The van der Waals surface area contributed by atoms with Crippen molar-refractivity contribution < 1.29 is 38.0 Å². The van der Waals surface area contributed by atoms with Gasteiger partial charge >= 0.3 is 11.9 Å². The van der Waals surface area contributed by atoms with Crippen LogP contribution >= 0.6 is 0 Å². The van der Waals surface area contributed by atoms with Gasteiger partial charge in [0.1, 0.15) is 24.7 Å². The highest BCUT2D eigenvalue weighted by molar-refractivity contribution is 6.11. The molecule has 3 aromatic carbocycles. The summed E-state index contributed by atoms with van der Waals surface area (Å²) in [5.74, 6) is 0.790. The summed E-state index contributed by atoms with van der Waals surface area (Å²) in [6, 6.07) is 15.7. The van der Waals surface area contributed by atoms with E-state index in [1.165, 1.54) is 0 Å². The molecule has 3 rings (SSSR count). The van der Waals surface area contributed by atoms with Gasteiger partial charge in [-0.1, -0.05) is 112 Å². The van der Waals surface area contributed by atoms with Gasteiger partial charge in [-0.3, -0.25) is 9.59 Å². The minimum atomic E-state index is -0.598. The lowest BCUT2D eigenvalue weighted by atomic mass is 10.0. The lowest BCUT2D eigenvalue weighted by Crippen LogP contribution is -2.30. The molecule has 0 saturated heterocycles. The number of ether oxygens (including phenoxy) is 6. The van der Waals surface area contributed by atoms with Gasteiger partial charge in [0, 0.05) is 34.4 Å². The molecule has 8 heteroatoms. The lowest BCUT2D eigenvalue weighted by molar-refractivity contribution is -0.154. The van der Waals surface area contributed by atoms with Crippen LogP contribution in [0.3, 0.4) is 0 Å². The van der Waals surface area contributed by atoms with E-state index in [0.717, 1.165) is 71.2 Å². The molecule has 0 heterocycles. The second-order valence-electron chi connectivity index (χ2n) is 12.5. The highest BCUT2D eigenvalue weighted by atomic mass is 16.6. The van der Waals surface area contributed by atoms with Gasteiger partial charge < -0.3 is 28.4 Å². The van der Waals surface area contributed by atoms with Gasteiger partial charge in [-0.05, 0) is 26.7 Å². The first-order chi connectivity index (χ1) is 23.2. The third kappa shape index (κ3) is 13.0. The highest BCUT2D eigenvalue weighted by Crippen LogP contribution is 2.42. The molecule has 0 saturated carbocycles. The number of fused-ring (bicyclic) bond motifs is 2. The fourth-order valence-corrected chi connectivity index (χ4v) is 5.20. The number of carbonyl (C=O) groups is 2. The first kappa shape index (κ1) is 38.6. The Hall–Kier alpha value is -3.88. The highest BCUT2D eigenvalue weighted by Gasteiger charge is 2.22. The van der Waals surface area contributed by atoms with Crippen LogP contribution in [-0.4, -0.2) is 63.8 Å². The van der Waals surface area contributed by atoms with Crippen LogP contribution in [0.5, 0.6) is 11.5 Å². The van der Waals surface area contributed by atoms with Crippen LogP contribution in [0.25, 0.3) is 21.5 Å². The Labute approximate surface area is 286 Å². The van der Waals surface area contributed by atoms with E-state index in [0.29, 0.717) is 37.6 Å². The lowest BCUT2D eigenvalue weighted by Gasteiger charge is -2.23. The van der Waals surface area contributed by atoms with Crippen LogP contribution in [-0.2, 0) is 28.5 Å². The van der Waals surface area contributed by atoms with E-state index in [1.54, 1.807) is 0 Å². The zero-order valence-corrected chi connectivity index (χ0v) is 29.4. The number of hydrogen-bond donors (Lipinski definition) is 0. The fourth-order valence-electron chi connectivity index (χ4n) is 5.20. The smallest absolute Gasteiger partial charge is 0.306 e. The predicted molar refractivity (Wildman–Crippen MR) is 192 cm³/mol. The Morgan fingerprint density at radius 2 is 0.938 bits per heavy atom. The molecule has 0 fully saturated rings. The van der Waals surface area contributed by atoms with Crippen molar-refractivity contribution in [3.8, 4) is 11.5 Å². The summed E-state index contributed by atoms with van der Waals surface area (Å²) in [6.45, 7) is 17.1. The number of esters is 2. The monoisotopic (exact) mass is 662 g/mol. The predicted octanol–water partition coefficient (Wildman–Crippen LogP) is 8.92. The topological polar surface area (TPSA) is 89.5 Å². The third-order valence-corrected chi connectivity index (χ3v) is 7.53. The van der Waals surface area contributed by atoms with Crippen molar-refractivity contribution in [3.63, 3.8) is 0 Å². The molecule has 0 aliphatic heterocycles. The molecule has 0 bridgehead atoms. The second-order valence-corrected chi connectivity index (χ2v) is 12.5. The Morgan fingerprint density at radius 3 is 1.25 bits per heavy atom. The number of rotatable bonds is 24. The van der Waals surface area contributed by atoms with Crippen LogP contribution in [0.1, 0.15) is 79.1 Å². The van der Waals surface area contributed by atoms with Crippen LogP contribution in [0.15, 0.2) is 72.8 Å². The molecule has 2 atom stereocenters. The van der Waals surface area contributed by atoms with Gasteiger partial charge in [0.2, 0.25) is 0 Å². The molecule has 8 nitrogen and oxygen atoms in total. The van der Waals surface area contributed by atoms with Crippen molar-refractivity contribution in [2.24, 2.45) is 0 Å². The van der Waals surface area contributed by atoms with E-state index in [2.05, 4.69) is 27.0 Å². The first-order valence-corrected chi connectivity index (χ1v) is 17.3. The standard InChI is InChI=1S/C40H54O8/c1-7-9-11-21-37(41)47-31(25-43-23-29(3)4)27-45-39-33-17-13-15-19-35(33)40(36-20-16-14-18-34(36)39)46-28-32(26-44-24-30(5)6)48-38(42)22-12-10-8-2/h13-20,31-32H,3,5,7-12,21-28H2,1-2,4,6H3. The molecule has 2 unspecified atom stereocenters. The summed E-state index contributed by atoms with van der Waals surface area (Å²) in [5, 5.41) is 3.37. The van der Waals surface area contributed by atoms with Crippen molar-refractivity contribution in [2.75, 3.05) is 39.6 Å². The van der Waals surface area contributed by atoms with Gasteiger partial charge in [-0.2, -0.15) is 0 Å². The molecule has 48 heavy (non-hydrogen) atoms. The summed E-state index contributed by atoms with van der Waals surface area (Å²) in [5.41, 5.74) is 1.76. The molecule has 0 N–H and O–H groups in total. The van der Waals surface area contributed by atoms with E-state index in [4.69, 9.17) is 28.4 Å². The number of unbranched alkanes of at least 4 members (excludes halogenated alkanes) is 4. The molecule has 3 aromatic rings. The van der Waals surface area contributed by atoms with Crippen molar-refractivity contribution in [1.29, 1.82) is 0 Å². The van der Waals surface area contributed by atoms with Crippen LogP contribution in [0.2, 0.25) is 0 Å². The summed E-state index contributed by atoms with van der Waals surface area (Å²) in [6.07, 6.45) is 5.07.